The molecule has 32 heavy (non-hydrogen) atoms. The van der Waals surface area contributed by atoms with E-state index in [9.17, 15) is 0 Å². The van der Waals surface area contributed by atoms with Crippen molar-refractivity contribution in [2.45, 2.75) is 39.7 Å². The lowest BCUT2D eigenvalue weighted by Gasteiger charge is -2.33. The molecule has 3 aromatic rings. The molecular formula is C24H32N8. The second-order valence-electron chi connectivity index (χ2n) is 9.12. The number of anilines is 2. The largest absolute Gasteiger partial charge is 0.309 e. The van der Waals surface area contributed by atoms with Crippen LogP contribution in [0.3, 0.4) is 0 Å². The van der Waals surface area contributed by atoms with E-state index < -0.39 is 0 Å². The standard InChI is InChI=1S/C24H32N8/c1-5-31-8-10-32(11-9-31)15-17-6-7-20(25-13-17)27-24-26-14-18-12-19-21(22(18)28-24)23(16(2)3)30(4)29-19/h6-7,13-14,16H,5,8-12,15H2,1-4H3,(H,25,26,27,28). The van der Waals surface area contributed by atoms with Crippen LogP contribution in [0.4, 0.5) is 11.8 Å². The van der Waals surface area contributed by atoms with Crippen molar-refractivity contribution in [2.75, 3.05) is 38.0 Å². The van der Waals surface area contributed by atoms with Crippen LogP contribution < -0.4 is 5.32 Å². The highest BCUT2D eigenvalue weighted by Crippen LogP contribution is 2.40. The Morgan fingerprint density at radius 2 is 1.81 bits per heavy atom. The summed E-state index contributed by atoms with van der Waals surface area (Å²) in [6, 6.07) is 4.16. The zero-order valence-electron chi connectivity index (χ0n) is 19.5. The van der Waals surface area contributed by atoms with E-state index in [1.807, 2.05) is 30.2 Å². The van der Waals surface area contributed by atoms with Gasteiger partial charge in [0.25, 0.3) is 0 Å². The minimum Gasteiger partial charge on any atom is -0.309 e. The number of fused-ring (bicyclic) bond motifs is 3. The Morgan fingerprint density at radius 1 is 1.03 bits per heavy atom. The lowest BCUT2D eigenvalue weighted by molar-refractivity contribution is 0.132. The van der Waals surface area contributed by atoms with Crippen LogP contribution in [-0.4, -0.2) is 67.3 Å². The van der Waals surface area contributed by atoms with Crippen molar-refractivity contribution in [2.24, 2.45) is 7.05 Å². The number of pyridine rings is 1. The molecular weight excluding hydrogens is 400 g/mol. The van der Waals surface area contributed by atoms with Gasteiger partial charge in [-0.15, -0.1) is 0 Å². The Kier molecular flexibility index (Phi) is 5.65. The summed E-state index contributed by atoms with van der Waals surface area (Å²) in [6.45, 7) is 13.2. The van der Waals surface area contributed by atoms with Crippen molar-refractivity contribution >= 4 is 11.8 Å². The van der Waals surface area contributed by atoms with Gasteiger partial charge in [0.2, 0.25) is 5.95 Å². The van der Waals surface area contributed by atoms with E-state index in [0.717, 1.165) is 68.5 Å². The number of likely N-dealkylation sites (N-methyl/N-ethyl adjacent to an activating group) is 1. The van der Waals surface area contributed by atoms with Crippen LogP contribution in [0.2, 0.25) is 0 Å². The summed E-state index contributed by atoms with van der Waals surface area (Å²) in [5, 5.41) is 8.00. The lowest BCUT2D eigenvalue weighted by Crippen LogP contribution is -2.45. The molecule has 0 atom stereocenters. The normalized spacial score (nSPS) is 16.4. The first kappa shape index (κ1) is 21.0. The molecule has 1 saturated heterocycles. The first-order chi connectivity index (χ1) is 15.5. The number of aromatic nitrogens is 5. The number of hydrogen-bond donors (Lipinski definition) is 1. The molecule has 0 bridgehead atoms. The summed E-state index contributed by atoms with van der Waals surface area (Å²) in [7, 11) is 2.02. The van der Waals surface area contributed by atoms with Crippen molar-refractivity contribution in [3.63, 3.8) is 0 Å². The van der Waals surface area contributed by atoms with Crippen LogP contribution in [0, 0.1) is 0 Å². The topological polar surface area (TPSA) is 75.0 Å². The number of nitrogens with zero attached hydrogens (tertiary/aromatic N) is 7. The molecule has 168 valence electrons. The van der Waals surface area contributed by atoms with Crippen LogP contribution in [0.25, 0.3) is 11.3 Å². The third-order valence-electron chi connectivity index (χ3n) is 6.55. The van der Waals surface area contributed by atoms with Gasteiger partial charge in [0.05, 0.1) is 17.1 Å². The fraction of sp³-hybridized carbons (Fsp3) is 0.500. The van der Waals surface area contributed by atoms with Gasteiger partial charge in [-0.2, -0.15) is 5.10 Å². The average molecular weight is 433 g/mol. The first-order valence-electron chi connectivity index (χ1n) is 11.6. The molecule has 0 radical (unpaired) electrons. The Hall–Kier alpha value is -2.84. The highest BCUT2D eigenvalue weighted by atomic mass is 15.3. The van der Waals surface area contributed by atoms with Crippen LogP contribution >= 0.6 is 0 Å². The summed E-state index contributed by atoms with van der Waals surface area (Å²) < 4.78 is 2.00. The quantitative estimate of drug-likeness (QED) is 0.501. The summed E-state index contributed by atoms with van der Waals surface area (Å²) in [6.07, 6.45) is 4.67. The summed E-state index contributed by atoms with van der Waals surface area (Å²) in [5.41, 5.74) is 6.87. The molecule has 1 aliphatic carbocycles. The number of rotatable bonds is 6. The zero-order valence-corrected chi connectivity index (χ0v) is 19.5. The highest BCUT2D eigenvalue weighted by molar-refractivity contribution is 5.75. The van der Waals surface area contributed by atoms with Gasteiger partial charge in [-0.25, -0.2) is 15.0 Å². The third kappa shape index (κ3) is 4.00. The van der Waals surface area contributed by atoms with E-state index in [4.69, 9.17) is 10.1 Å². The molecule has 1 fully saturated rings. The maximum Gasteiger partial charge on any atom is 0.228 e. The fourth-order valence-corrected chi connectivity index (χ4v) is 4.86. The lowest BCUT2D eigenvalue weighted by atomic mass is 10.0. The molecule has 1 aliphatic heterocycles. The Bertz CT molecular complexity index is 1090. The van der Waals surface area contributed by atoms with Crippen molar-refractivity contribution in [1.29, 1.82) is 0 Å². The Morgan fingerprint density at radius 3 is 2.50 bits per heavy atom. The van der Waals surface area contributed by atoms with E-state index in [1.165, 1.54) is 16.8 Å². The van der Waals surface area contributed by atoms with E-state index >= 15 is 0 Å². The maximum atomic E-state index is 4.85. The molecule has 0 aromatic carbocycles. The molecule has 4 heterocycles. The van der Waals surface area contributed by atoms with Crippen LogP contribution in [-0.2, 0) is 20.0 Å². The van der Waals surface area contributed by atoms with Gasteiger partial charge < -0.3 is 10.2 Å². The van der Waals surface area contributed by atoms with Crippen LogP contribution in [0.15, 0.2) is 24.5 Å². The fourth-order valence-electron chi connectivity index (χ4n) is 4.86. The maximum absolute atomic E-state index is 4.85. The number of nitrogens with one attached hydrogen (secondary N) is 1. The summed E-state index contributed by atoms with van der Waals surface area (Å²) in [5.74, 6) is 1.72. The molecule has 0 spiro atoms. The smallest absolute Gasteiger partial charge is 0.228 e. The Labute approximate surface area is 189 Å². The van der Waals surface area contributed by atoms with Crippen molar-refractivity contribution in [3.05, 3.63) is 47.0 Å². The minimum atomic E-state index is 0.382. The van der Waals surface area contributed by atoms with Crippen molar-refractivity contribution < 1.29 is 0 Å². The van der Waals surface area contributed by atoms with Gasteiger partial charge in [-0.3, -0.25) is 9.58 Å². The predicted molar refractivity (Wildman–Crippen MR) is 126 cm³/mol. The van der Waals surface area contributed by atoms with E-state index in [1.54, 1.807) is 0 Å². The molecule has 1 N–H and O–H groups in total. The van der Waals surface area contributed by atoms with Crippen LogP contribution in [0.1, 0.15) is 49.2 Å². The van der Waals surface area contributed by atoms with Gasteiger partial charge in [-0.05, 0) is 24.1 Å². The van der Waals surface area contributed by atoms with Crippen molar-refractivity contribution in [3.8, 4) is 11.3 Å². The molecule has 8 nitrogen and oxygen atoms in total. The molecule has 8 heteroatoms. The van der Waals surface area contributed by atoms with E-state index in [-0.39, 0.29) is 0 Å². The second-order valence-corrected chi connectivity index (χ2v) is 9.12. The van der Waals surface area contributed by atoms with E-state index in [2.05, 4.69) is 51.9 Å². The van der Waals surface area contributed by atoms with E-state index in [0.29, 0.717) is 11.9 Å². The summed E-state index contributed by atoms with van der Waals surface area (Å²) in [4.78, 5) is 19.0. The number of piperazine rings is 1. The summed E-state index contributed by atoms with van der Waals surface area (Å²) >= 11 is 0. The predicted octanol–water partition coefficient (Wildman–Crippen LogP) is 3.18. The highest BCUT2D eigenvalue weighted by Gasteiger charge is 2.29. The zero-order chi connectivity index (χ0) is 22.2. The number of hydrogen-bond acceptors (Lipinski definition) is 7. The van der Waals surface area contributed by atoms with Gasteiger partial charge in [0, 0.05) is 69.7 Å². The molecule has 3 aromatic heterocycles. The molecule has 0 unspecified atom stereocenters. The van der Waals surface area contributed by atoms with Crippen LogP contribution in [0.5, 0.6) is 0 Å². The molecule has 0 saturated carbocycles. The second kappa shape index (κ2) is 8.60. The van der Waals surface area contributed by atoms with Gasteiger partial charge in [0.15, 0.2) is 0 Å². The monoisotopic (exact) mass is 432 g/mol. The molecule has 0 amide bonds. The van der Waals surface area contributed by atoms with Gasteiger partial charge in [-0.1, -0.05) is 26.8 Å². The average Bonchev–Trinajstić information content (AvgIpc) is 3.29. The third-order valence-corrected chi connectivity index (χ3v) is 6.55. The molecule has 5 rings (SSSR count). The minimum absolute atomic E-state index is 0.382. The SMILES string of the molecule is CCN1CCN(Cc2ccc(Nc3ncc4c(n3)-c3c(nn(C)c3C(C)C)C4)nc2)CC1. The van der Waals surface area contributed by atoms with Gasteiger partial charge >= 0.3 is 0 Å². The van der Waals surface area contributed by atoms with Gasteiger partial charge in [0.1, 0.15) is 5.82 Å². The first-order valence-corrected chi connectivity index (χ1v) is 11.6. The number of aryl methyl sites for hydroxylation is 1. The Balaban J connectivity index is 1.28. The molecule has 2 aliphatic rings. The van der Waals surface area contributed by atoms with Crippen molar-refractivity contribution in [1.82, 2.24) is 34.5 Å².